The first kappa shape index (κ1) is 29.8. The number of benzene rings is 3. The fraction of sp³-hybridized carbons (Fsp3) is 0.424. The molecule has 1 atom stereocenters. The third-order valence-corrected chi connectivity index (χ3v) is 12.3. The SMILES string of the molecule is CC(C)(C)[Si](OCCCCCC(CCCOCc1ccccc1)C(=O)O)(c1ccccc1)c1ccccc1. The van der Waals surface area contributed by atoms with Crippen molar-refractivity contribution in [2.45, 2.75) is 70.9 Å². The summed E-state index contributed by atoms with van der Waals surface area (Å²) in [7, 11) is -2.51. The van der Waals surface area contributed by atoms with E-state index in [-0.39, 0.29) is 11.0 Å². The molecular weight excluding hydrogens is 488 g/mol. The van der Waals surface area contributed by atoms with Gasteiger partial charge in [0.05, 0.1) is 12.5 Å². The molecule has 1 unspecified atom stereocenters. The van der Waals surface area contributed by atoms with E-state index in [2.05, 4.69) is 81.4 Å². The van der Waals surface area contributed by atoms with E-state index < -0.39 is 14.3 Å². The topological polar surface area (TPSA) is 55.8 Å². The summed E-state index contributed by atoms with van der Waals surface area (Å²) in [5, 5.41) is 12.2. The number of carboxylic acids is 1. The van der Waals surface area contributed by atoms with E-state index >= 15 is 0 Å². The van der Waals surface area contributed by atoms with Crippen LogP contribution < -0.4 is 10.4 Å². The molecule has 0 saturated carbocycles. The second-order valence-electron chi connectivity index (χ2n) is 11.1. The smallest absolute Gasteiger partial charge is 0.306 e. The summed E-state index contributed by atoms with van der Waals surface area (Å²) < 4.78 is 12.7. The van der Waals surface area contributed by atoms with E-state index in [1.807, 2.05) is 30.3 Å². The highest BCUT2D eigenvalue weighted by Crippen LogP contribution is 2.36. The van der Waals surface area contributed by atoms with Crippen LogP contribution in [0.15, 0.2) is 91.0 Å². The minimum Gasteiger partial charge on any atom is -0.481 e. The first-order chi connectivity index (χ1) is 18.3. The molecule has 3 rings (SSSR count). The van der Waals surface area contributed by atoms with Crippen molar-refractivity contribution in [3.8, 4) is 0 Å². The third-order valence-electron chi connectivity index (χ3n) is 7.23. The first-order valence-electron chi connectivity index (χ1n) is 13.9. The maximum absolute atomic E-state index is 11.8. The molecule has 4 nitrogen and oxygen atoms in total. The maximum atomic E-state index is 11.8. The van der Waals surface area contributed by atoms with Crippen molar-refractivity contribution in [3.05, 3.63) is 96.6 Å². The zero-order chi connectivity index (χ0) is 27.3. The van der Waals surface area contributed by atoms with E-state index in [4.69, 9.17) is 9.16 Å². The van der Waals surface area contributed by atoms with E-state index in [1.54, 1.807) is 0 Å². The van der Waals surface area contributed by atoms with Gasteiger partial charge >= 0.3 is 5.97 Å². The Hall–Kier alpha value is -2.73. The second kappa shape index (κ2) is 15.0. The molecule has 0 spiro atoms. The Labute approximate surface area is 230 Å². The summed E-state index contributed by atoms with van der Waals surface area (Å²) in [6.07, 6.45) is 4.91. The summed E-state index contributed by atoms with van der Waals surface area (Å²) in [6.45, 7) is 8.72. The van der Waals surface area contributed by atoms with Crippen LogP contribution >= 0.6 is 0 Å². The van der Waals surface area contributed by atoms with Gasteiger partial charge in [0, 0.05) is 13.2 Å². The Balaban J connectivity index is 1.48. The molecule has 0 aromatic heterocycles. The second-order valence-corrected chi connectivity index (χ2v) is 15.4. The zero-order valence-electron chi connectivity index (χ0n) is 23.3. The van der Waals surface area contributed by atoms with Crippen molar-refractivity contribution in [1.29, 1.82) is 0 Å². The number of hydrogen-bond acceptors (Lipinski definition) is 3. The van der Waals surface area contributed by atoms with Crippen molar-refractivity contribution >= 4 is 24.7 Å². The van der Waals surface area contributed by atoms with Gasteiger partial charge < -0.3 is 14.3 Å². The molecule has 3 aromatic carbocycles. The lowest BCUT2D eigenvalue weighted by atomic mass is 9.96. The Morgan fingerprint density at radius 2 is 1.26 bits per heavy atom. The largest absolute Gasteiger partial charge is 0.481 e. The average molecular weight is 533 g/mol. The van der Waals surface area contributed by atoms with Gasteiger partial charge in [-0.2, -0.15) is 0 Å². The monoisotopic (exact) mass is 532 g/mol. The summed E-state index contributed by atoms with van der Waals surface area (Å²) in [6, 6.07) is 31.5. The number of ether oxygens (including phenoxy) is 1. The van der Waals surface area contributed by atoms with E-state index in [0.717, 1.165) is 31.2 Å². The number of aliphatic carboxylic acids is 1. The molecule has 0 heterocycles. The summed E-state index contributed by atoms with van der Waals surface area (Å²) in [5.74, 6) is -1.01. The predicted molar refractivity (Wildman–Crippen MR) is 158 cm³/mol. The number of rotatable bonds is 16. The van der Waals surface area contributed by atoms with Crippen LogP contribution in [-0.2, 0) is 20.6 Å². The molecule has 0 bridgehead atoms. The predicted octanol–water partition coefficient (Wildman–Crippen LogP) is 6.82. The molecule has 0 fully saturated rings. The molecular formula is C33H44O4Si. The molecule has 0 radical (unpaired) electrons. The average Bonchev–Trinajstić information content (AvgIpc) is 2.92. The Bertz CT molecular complexity index is 1020. The van der Waals surface area contributed by atoms with Crippen molar-refractivity contribution in [1.82, 2.24) is 0 Å². The lowest BCUT2D eigenvalue weighted by Crippen LogP contribution is -2.66. The molecule has 0 saturated heterocycles. The van der Waals surface area contributed by atoms with E-state index in [1.165, 1.54) is 10.4 Å². The van der Waals surface area contributed by atoms with Crippen LogP contribution in [0.2, 0.25) is 5.04 Å². The summed E-state index contributed by atoms with van der Waals surface area (Å²) in [4.78, 5) is 11.8. The van der Waals surface area contributed by atoms with Crippen molar-refractivity contribution in [3.63, 3.8) is 0 Å². The van der Waals surface area contributed by atoms with Gasteiger partial charge in [0.15, 0.2) is 0 Å². The van der Waals surface area contributed by atoms with Gasteiger partial charge in [-0.15, -0.1) is 0 Å². The molecule has 0 amide bonds. The lowest BCUT2D eigenvalue weighted by Gasteiger charge is -2.43. The lowest BCUT2D eigenvalue weighted by molar-refractivity contribution is -0.142. The van der Waals surface area contributed by atoms with Gasteiger partial charge in [-0.25, -0.2) is 0 Å². The van der Waals surface area contributed by atoms with Crippen molar-refractivity contribution in [2.75, 3.05) is 13.2 Å². The summed E-state index contributed by atoms with van der Waals surface area (Å²) >= 11 is 0. The van der Waals surface area contributed by atoms with Gasteiger partial charge in [-0.05, 0) is 46.7 Å². The number of unbranched alkanes of at least 4 members (excludes halogenated alkanes) is 2. The molecule has 0 aliphatic rings. The van der Waals surface area contributed by atoms with Crippen LogP contribution in [-0.4, -0.2) is 32.6 Å². The number of carbonyl (C=O) groups is 1. The Morgan fingerprint density at radius 3 is 1.79 bits per heavy atom. The zero-order valence-corrected chi connectivity index (χ0v) is 24.3. The van der Waals surface area contributed by atoms with Gasteiger partial charge in [0.1, 0.15) is 0 Å². The van der Waals surface area contributed by atoms with Crippen LogP contribution in [0.3, 0.4) is 0 Å². The Kier molecular flexibility index (Phi) is 11.8. The number of hydrogen-bond donors (Lipinski definition) is 1. The maximum Gasteiger partial charge on any atom is 0.306 e. The molecule has 3 aromatic rings. The molecule has 1 N–H and O–H groups in total. The van der Waals surface area contributed by atoms with Gasteiger partial charge in [-0.3, -0.25) is 4.79 Å². The molecule has 0 aliphatic heterocycles. The van der Waals surface area contributed by atoms with Crippen molar-refractivity contribution < 1.29 is 19.1 Å². The molecule has 0 aliphatic carbocycles. The fourth-order valence-corrected chi connectivity index (χ4v) is 9.85. The quantitative estimate of drug-likeness (QED) is 0.162. The highest BCUT2D eigenvalue weighted by atomic mass is 28.4. The van der Waals surface area contributed by atoms with Gasteiger partial charge in [0.25, 0.3) is 8.32 Å². The first-order valence-corrected chi connectivity index (χ1v) is 15.8. The minimum absolute atomic E-state index is 0.0350. The van der Waals surface area contributed by atoms with Crippen LogP contribution in [0.5, 0.6) is 0 Å². The molecule has 5 heteroatoms. The third kappa shape index (κ3) is 8.39. The fourth-order valence-electron chi connectivity index (χ4n) is 5.24. The van der Waals surface area contributed by atoms with E-state index in [0.29, 0.717) is 32.7 Å². The van der Waals surface area contributed by atoms with Crippen LogP contribution in [0, 0.1) is 5.92 Å². The van der Waals surface area contributed by atoms with Crippen LogP contribution in [0.1, 0.15) is 64.9 Å². The van der Waals surface area contributed by atoms with Gasteiger partial charge in [-0.1, -0.05) is 125 Å². The normalized spacial score (nSPS) is 12.8. The Morgan fingerprint density at radius 1 is 0.737 bits per heavy atom. The highest BCUT2D eigenvalue weighted by molar-refractivity contribution is 6.99. The minimum atomic E-state index is -2.51. The standard InChI is InChI=1S/C33H44O4Si/c1-33(2,3)38(30-21-11-5-12-22-30,31-23-13-6-14-24-31)37-26-15-7-10-19-29(32(34)35)20-16-25-36-27-28-17-8-4-9-18-28/h4-6,8-9,11-14,17-18,21-24,29H,7,10,15-16,19-20,25-27H2,1-3H3,(H,34,35). The molecule has 204 valence electrons. The summed E-state index contributed by atoms with van der Waals surface area (Å²) in [5.41, 5.74) is 1.14. The van der Waals surface area contributed by atoms with E-state index in [9.17, 15) is 9.90 Å². The van der Waals surface area contributed by atoms with Crippen LogP contribution in [0.25, 0.3) is 0 Å². The highest BCUT2D eigenvalue weighted by Gasteiger charge is 2.49. The van der Waals surface area contributed by atoms with Crippen molar-refractivity contribution in [2.24, 2.45) is 5.92 Å². The number of carboxylic acid groups (broad SMARTS) is 1. The molecule has 38 heavy (non-hydrogen) atoms. The van der Waals surface area contributed by atoms with Gasteiger partial charge in [0.2, 0.25) is 0 Å². The van der Waals surface area contributed by atoms with Crippen LogP contribution in [0.4, 0.5) is 0 Å².